The molecule has 108 valence electrons. The molecule has 1 aromatic carbocycles. The monoisotopic (exact) mass is 275 g/mol. The van der Waals surface area contributed by atoms with Crippen LogP contribution in [0, 0.1) is 0 Å². The predicted octanol–water partition coefficient (Wildman–Crippen LogP) is 1.01. The molecule has 1 heterocycles. The number of anilines is 1. The van der Waals surface area contributed by atoms with Crippen LogP contribution < -0.4 is 10.6 Å². The summed E-state index contributed by atoms with van der Waals surface area (Å²) >= 11 is 0. The van der Waals surface area contributed by atoms with Crippen LogP contribution in [0.3, 0.4) is 0 Å². The van der Waals surface area contributed by atoms with Crippen molar-refractivity contribution in [1.29, 1.82) is 0 Å². The fourth-order valence-electron chi connectivity index (χ4n) is 2.40. The summed E-state index contributed by atoms with van der Waals surface area (Å²) in [7, 11) is 3.36. The summed E-state index contributed by atoms with van der Waals surface area (Å²) in [5, 5.41) is 6.00. The number of hydrogen-bond donors (Lipinski definition) is 2. The van der Waals surface area contributed by atoms with Crippen molar-refractivity contribution in [2.75, 3.05) is 19.4 Å². The van der Waals surface area contributed by atoms with E-state index in [1.165, 1.54) is 10.5 Å². The van der Waals surface area contributed by atoms with Gasteiger partial charge in [-0.2, -0.15) is 0 Å². The van der Waals surface area contributed by atoms with Crippen LogP contribution in [0.2, 0.25) is 0 Å². The number of nitrogens with one attached hydrogen (secondary N) is 2. The van der Waals surface area contributed by atoms with Crippen molar-refractivity contribution < 1.29 is 9.59 Å². The average Bonchev–Trinajstić information content (AvgIpc) is 2.45. The highest BCUT2D eigenvalue weighted by molar-refractivity contribution is 5.91. The zero-order chi connectivity index (χ0) is 14.7. The van der Waals surface area contributed by atoms with Gasteiger partial charge in [0.05, 0.1) is 0 Å². The van der Waals surface area contributed by atoms with Gasteiger partial charge in [-0.3, -0.25) is 9.59 Å². The third-order valence-electron chi connectivity index (χ3n) is 3.54. The van der Waals surface area contributed by atoms with Crippen molar-refractivity contribution in [1.82, 2.24) is 10.2 Å². The molecule has 5 nitrogen and oxygen atoms in total. The van der Waals surface area contributed by atoms with Crippen LogP contribution in [0.25, 0.3) is 0 Å². The average molecular weight is 275 g/mol. The molecule has 0 aliphatic carbocycles. The number of fused-ring (bicyclic) bond motifs is 1. The first-order valence-electron chi connectivity index (χ1n) is 6.85. The zero-order valence-corrected chi connectivity index (χ0v) is 12.1. The fourth-order valence-corrected chi connectivity index (χ4v) is 2.40. The molecule has 2 rings (SSSR count). The van der Waals surface area contributed by atoms with Gasteiger partial charge in [-0.15, -0.1) is 0 Å². The molecule has 0 saturated heterocycles. The Morgan fingerprint density at radius 3 is 2.75 bits per heavy atom. The molecule has 0 fully saturated rings. The smallest absolute Gasteiger partial charge is 0.244 e. The standard InChI is InChI=1S/C15H21N3O2/c1-10(15(20)18(2)3)16-14(19)13-9-8-11-6-4-5-7-12(11)17-13/h4-7,10,13,17H,8-9H2,1-3H3,(H,16,19). The highest BCUT2D eigenvalue weighted by Crippen LogP contribution is 2.24. The summed E-state index contributed by atoms with van der Waals surface area (Å²) in [5.41, 5.74) is 2.24. The van der Waals surface area contributed by atoms with Crippen molar-refractivity contribution in [3.8, 4) is 0 Å². The number of likely N-dealkylation sites (N-methyl/N-ethyl adjacent to an activating group) is 1. The van der Waals surface area contributed by atoms with E-state index in [9.17, 15) is 9.59 Å². The summed E-state index contributed by atoms with van der Waals surface area (Å²) < 4.78 is 0. The number of nitrogens with zero attached hydrogens (tertiary/aromatic N) is 1. The zero-order valence-electron chi connectivity index (χ0n) is 12.1. The maximum Gasteiger partial charge on any atom is 0.244 e. The molecule has 1 aliphatic heterocycles. The lowest BCUT2D eigenvalue weighted by Crippen LogP contribution is -2.50. The van der Waals surface area contributed by atoms with Crippen LogP contribution in [-0.2, 0) is 16.0 Å². The van der Waals surface area contributed by atoms with Crippen LogP contribution >= 0.6 is 0 Å². The van der Waals surface area contributed by atoms with Gasteiger partial charge in [0, 0.05) is 19.8 Å². The van der Waals surface area contributed by atoms with E-state index in [0.29, 0.717) is 0 Å². The van der Waals surface area contributed by atoms with E-state index < -0.39 is 6.04 Å². The second-order valence-corrected chi connectivity index (χ2v) is 5.36. The molecule has 20 heavy (non-hydrogen) atoms. The fraction of sp³-hybridized carbons (Fsp3) is 0.467. The van der Waals surface area contributed by atoms with Gasteiger partial charge < -0.3 is 15.5 Å². The highest BCUT2D eigenvalue weighted by Gasteiger charge is 2.26. The summed E-state index contributed by atoms with van der Waals surface area (Å²) in [5.74, 6) is -0.225. The van der Waals surface area contributed by atoms with Crippen molar-refractivity contribution >= 4 is 17.5 Å². The van der Waals surface area contributed by atoms with Gasteiger partial charge in [0.2, 0.25) is 11.8 Å². The third-order valence-corrected chi connectivity index (χ3v) is 3.54. The van der Waals surface area contributed by atoms with Gasteiger partial charge in [-0.05, 0) is 31.4 Å². The number of benzene rings is 1. The van der Waals surface area contributed by atoms with Crippen LogP contribution in [0.5, 0.6) is 0 Å². The summed E-state index contributed by atoms with van der Waals surface area (Å²) in [6.45, 7) is 1.71. The molecule has 0 saturated carbocycles. The van der Waals surface area contributed by atoms with E-state index >= 15 is 0 Å². The van der Waals surface area contributed by atoms with Gasteiger partial charge in [0.15, 0.2) is 0 Å². The third kappa shape index (κ3) is 3.10. The largest absolute Gasteiger partial charge is 0.373 e. The van der Waals surface area contributed by atoms with Crippen LogP contribution in [0.4, 0.5) is 5.69 Å². The van der Waals surface area contributed by atoms with Crippen LogP contribution in [0.1, 0.15) is 18.9 Å². The van der Waals surface area contributed by atoms with E-state index in [1.807, 2.05) is 18.2 Å². The summed E-state index contributed by atoms with van der Waals surface area (Å²) in [6, 6.07) is 7.21. The van der Waals surface area contributed by atoms with Gasteiger partial charge in [0.25, 0.3) is 0 Å². The first kappa shape index (κ1) is 14.4. The second kappa shape index (κ2) is 5.94. The van der Waals surface area contributed by atoms with Crippen molar-refractivity contribution in [3.63, 3.8) is 0 Å². The molecular weight excluding hydrogens is 254 g/mol. The lowest BCUT2D eigenvalue weighted by Gasteiger charge is -2.27. The molecule has 0 spiro atoms. The Balaban J connectivity index is 1.97. The van der Waals surface area contributed by atoms with Crippen molar-refractivity contribution in [2.45, 2.75) is 31.8 Å². The lowest BCUT2D eigenvalue weighted by atomic mass is 9.97. The van der Waals surface area contributed by atoms with E-state index in [2.05, 4.69) is 16.7 Å². The first-order chi connectivity index (χ1) is 9.49. The molecule has 0 bridgehead atoms. The normalized spacial score (nSPS) is 18.4. The van der Waals surface area contributed by atoms with Gasteiger partial charge in [0.1, 0.15) is 12.1 Å². The lowest BCUT2D eigenvalue weighted by molar-refractivity contribution is -0.134. The quantitative estimate of drug-likeness (QED) is 0.865. The maximum atomic E-state index is 12.2. The summed E-state index contributed by atoms with van der Waals surface area (Å²) in [4.78, 5) is 25.4. The number of para-hydroxylation sites is 1. The minimum atomic E-state index is -0.503. The molecule has 1 aromatic rings. The Kier molecular flexibility index (Phi) is 4.27. The molecule has 5 heteroatoms. The second-order valence-electron chi connectivity index (χ2n) is 5.36. The SMILES string of the molecule is CC(NC(=O)C1CCc2ccccc2N1)C(=O)N(C)C. The molecule has 0 aromatic heterocycles. The molecule has 1 aliphatic rings. The molecule has 2 atom stereocenters. The highest BCUT2D eigenvalue weighted by atomic mass is 16.2. The Bertz CT molecular complexity index is 514. The van der Waals surface area contributed by atoms with E-state index in [4.69, 9.17) is 0 Å². The van der Waals surface area contributed by atoms with E-state index in [1.54, 1.807) is 21.0 Å². The Hall–Kier alpha value is -2.04. The Morgan fingerprint density at radius 2 is 2.05 bits per heavy atom. The van der Waals surface area contributed by atoms with Crippen molar-refractivity contribution in [2.24, 2.45) is 0 Å². The van der Waals surface area contributed by atoms with Gasteiger partial charge in [-0.25, -0.2) is 0 Å². The molecule has 2 N–H and O–H groups in total. The number of hydrogen-bond acceptors (Lipinski definition) is 3. The molecule has 0 radical (unpaired) electrons. The summed E-state index contributed by atoms with van der Waals surface area (Å²) in [6.07, 6.45) is 1.61. The number of aryl methyl sites for hydroxylation is 1. The number of carbonyl (C=O) groups excluding carboxylic acids is 2. The number of rotatable bonds is 3. The minimum absolute atomic E-state index is 0.102. The maximum absolute atomic E-state index is 12.2. The van der Waals surface area contributed by atoms with Gasteiger partial charge >= 0.3 is 0 Å². The number of carbonyl (C=O) groups is 2. The molecule has 2 amide bonds. The molecule has 2 unspecified atom stereocenters. The van der Waals surface area contributed by atoms with Crippen molar-refractivity contribution in [3.05, 3.63) is 29.8 Å². The minimum Gasteiger partial charge on any atom is -0.373 e. The first-order valence-corrected chi connectivity index (χ1v) is 6.85. The number of amides is 2. The van der Waals surface area contributed by atoms with Crippen LogP contribution in [0.15, 0.2) is 24.3 Å². The van der Waals surface area contributed by atoms with Crippen LogP contribution in [-0.4, -0.2) is 42.9 Å². The Labute approximate surface area is 119 Å². The topological polar surface area (TPSA) is 61.4 Å². The Morgan fingerprint density at radius 1 is 1.35 bits per heavy atom. The predicted molar refractivity (Wildman–Crippen MR) is 78.5 cm³/mol. The van der Waals surface area contributed by atoms with E-state index in [0.717, 1.165) is 18.5 Å². The molecular formula is C15H21N3O2. The van der Waals surface area contributed by atoms with E-state index in [-0.39, 0.29) is 17.9 Å². The van der Waals surface area contributed by atoms with Gasteiger partial charge in [-0.1, -0.05) is 18.2 Å².